The lowest BCUT2D eigenvalue weighted by Crippen LogP contribution is -1.95. The third kappa shape index (κ3) is 1.61. The lowest BCUT2D eigenvalue weighted by atomic mass is 10.1. The van der Waals surface area contributed by atoms with Crippen LogP contribution in [0.3, 0.4) is 0 Å². The third-order valence-corrected chi connectivity index (χ3v) is 3.22. The molecule has 2 heterocycles. The number of hydrogen-bond acceptors (Lipinski definition) is 3. The average molecular weight is 256 g/mol. The van der Waals surface area contributed by atoms with Crippen molar-refractivity contribution in [3.63, 3.8) is 0 Å². The van der Waals surface area contributed by atoms with E-state index in [-0.39, 0.29) is 10.6 Å². The van der Waals surface area contributed by atoms with Gasteiger partial charge in [0.1, 0.15) is 11.4 Å². The Kier molecular flexibility index (Phi) is 2.38. The van der Waals surface area contributed by atoms with Crippen LogP contribution in [0.1, 0.15) is 5.69 Å². The normalized spacial score (nSPS) is 11.1. The summed E-state index contributed by atoms with van der Waals surface area (Å²) in [5.41, 5.74) is 2.76. The topological polar surface area (TPSA) is 76.8 Å². The zero-order valence-electron chi connectivity index (χ0n) is 10.5. The second-order valence-electron chi connectivity index (χ2n) is 4.41. The number of rotatable bonds is 2. The Morgan fingerprint density at radius 2 is 2.11 bits per heavy atom. The molecular formula is C13H12N4O2. The van der Waals surface area contributed by atoms with Crippen LogP contribution < -0.4 is 0 Å². The first-order valence-corrected chi connectivity index (χ1v) is 5.84. The summed E-state index contributed by atoms with van der Waals surface area (Å²) < 4.78 is 1.56. The summed E-state index contributed by atoms with van der Waals surface area (Å²) in [6, 6.07) is 7.71. The van der Waals surface area contributed by atoms with Gasteiger partial charge in [0.2, 0.25) is 0 Å². The molecule has 0 aliphatic rings. The van der Waals surface area contributed by atoms with Crippen LogP contribution in [0.25, 0.3) is 22.2 Å². The molecule has 0 amide bonds. The van der Waals surface area contributed by atoms with Gasteiger partial charge in [-0.05, 0) is 13.0 Å². The van der Waals surface area contributed by atoms with Crippen molar-refractivity contribution >= 4 is 16.6 Å². The Labute approximate surface area is 108 Å². The van der Waals surface area contributed by atoms with E-state index in [1.807, 2.05) is 24.3 Å². The van der Waals surface area contributed by atoms with E-state index >= 15 is 0 Å². The minimum Gasteiger partial charge on any atom is -0.360 e. The number of aryl methyl sites for hydroxylation is 2. The minimum atomic E-state index is -0.376. The Hall–Kier alpha value is -2.63. The second kappa shape index (κ2) is 3.94. The average Bonchev–Trinajstić information content (AvgIpc) is 2.89. The maximum absolute atomic E-state index is 11.2. The highest BCUT2D eigenvalue weighted by Gasteiger charge is 2.26. The summed E-state index contributed by atoms with van der Waals surface area (Å²) in [6.07, 6.45) is 1.79. The van der Waals surface area contributed by atoms with Gasteiger partial charge in [-0.1, -0.05) is 18.2 Å². The lowest BCUT2D eigenvalue weighted by molar-refractivity contribution is -0.384. The molecule has 0 spiro atoms. The Balaban J connectivity index is 2.36. The molecule has 6 nitrogen and oxygen atoms in total. The summed E-state index contributed by atoms with van der Waals surface area (Å²) in [6.45, 7) is 1.65. The Morgan fingerprint density at radius 1 is 1.37 bits per heavy atom. The van der Waals surface area contributed by atoms with Crippen LogP contribution in [0.5, 0.6) is 0 Å². The fourth-order valence-corrected chi connectivity index (χ4v) is 2.43. The first-order valence-electron chi connectivity index (χ1n) is 5.84. The fraction of sp³-hybridized carbons (Fsp3) is 0.154. The van der Waals surface area contributed by atoms with Crippen molar-refractivity contribution in [3.8, 4) is 11.3 Å². The van der Waals surface area contributed by atoms with Crippen LogP contribution in [0.4, 0.5) is 5.69 Å². The van der Waals surface area contributed by atoms with Crippen LogP contribution >= 0.6 is 0 Å². The number of para-hydroxylation sites is 1. The van der Waals surface area contributed by atoms with E-state index < -0.39 is 0 Å². The summed E-state index contributed by atoms with van der Waals surface area (Å²) in [4.78, 5) is 14.0. The van der Waals surface area contributed by atoms with Crippen LogP contribution in [0.2, 0.25) is 0 Å². The van der Waals surface area contributed by atoms with Gasteiger partial charge in [0, 0.05) is 29.7 Å². The van der Waals surface area contributed by atoms with Crippen LogP contribution in [-0.2, 0) is 7.05 Å². The van der Waals surface area contributed by atoms with Gasteiger partial charge < -0.3 is 4.98 Å². The van der Waals surface area contributed by atoms with E-state index in [9.17, 15) is 10.1 Å². The van der Waals surface area contributed by atoms with Gasteiger partial charge in [-0.2, -0.15) is 5.10 Å². The zero-order chi connectivity index (χ0) is 13.6. The predicted molar refractivity (Wildman–Crippen MR) is 71.9 cm³/mol. The van der Waals surface area contributed by atoms with E-state index in [0.717, 1.165) is 16.5 Å². The SMILES string of the molecule is Cc1nn(C)c(-c2c[nH]c3ccccc23)c1[N+](=O)[O-]. The summed E-state index contributed by atoms with van der Waals surface area (Å²) in [7, 11) is 1.72. The van der Waals surface area contributed by atoms with Gasteiger partial charge in [0.25, 0.3) is 0 Å². The van der Waals surface area contributed by atoms with Crippen molar-refractivity contribution in [2.24, 2.45) is 7.05 Å². The van der Waals surface area contributed by atoms with Crippen molar-refractivity contribution in [1.29, 1.82) is 0 Å². The van der Waals surface area contributed by atoms with E-state index in [1.165, 1.54) is 0 Å². The maximum Gasteiger partial charge on any atom is 0.317 e. The number of nitrogens with zero attached hydrogens (tertiary/aromatic N) is 3. The third-order valence-electron chi connectivity index (χ3n) is 3.22. The highest BCUT2D eigenvalue weighted by atomic mass is 16.6. The summed E-state index contributed by atoms with van der Waals surface area (Å²) in [5, 5.41) is 16.3. The van der Waals surface area contributed by atoms with Gasteiger partial charge >= 0.3 is 5.69 Å². The number of hydrogen-bond donors (Lipinski definition) is 1. The van der Waals surface area contributed by atoms with E-state index in [0.29, 0.717) is 11.4 Å². The molecule has 2 aromatic heterocycles. The molecule has 3 rings (SSSR count). The van der Waals surface area contributed by atoms with Gasteiger partial charge in [-0.25, -0.2) is 0 Å². The first kappa shape index (κ1) is 11.5. The standard InChI is InChI=1S/C13H12N4O2/c1-8-12(17(18)19)13(16(2)15-8)10-7-14-11-6-4-3-5-9(10)11/h3-7,14H,1-2H3. The van der Waals surface area contributed by atoms with E-state index in [1.54, 1.807) is 24.9 Å². The molecule has 0 fully saturated rings. The molecule has 1 N–H and O–H groups in total. The second-order valence-corrected chi connectivity index (χ2v) is 4.41. The van der Waals surface area contributed by atoms with Crippen molar-refractivity contribution < 1.29 is 4.92 Å². The van der Waals surface area contributed by atoms with E-state index in [4.69, 9.17) is 0 Å². The molecule has 0 aliphatic carbocycles. The fourth-order valence-electron chi connectivity index (χ4n) is 2.43. The first-order chi connectivity index (χ1) is 9.09. The number of fused-ring (bicyclic) bond motifs is 1. The number of nitro groups is 1. The molecule has 3 aromatic rings. The molecule has 0 bridgehead atoms. The Bertz CT molecular complexity index is 785. The van der Waals surface area contributed by atoms with Gasteiger partial charge in [-0.3, -0.25) is 14.8 Å². The summed E-state index contributed by atoms with van der Waals surface area (Å²) >= 11 is 0. The number of aromatic amines is 1. The molecule has 0 unspecified atom stereocenters. The lowest BCUT2D eigenvalue weighted by Gasteiger charge is -2.00. The van der Waals surface area contributed by atoms with Crippen LogP contribution in [0.15, 0.2) is 30.5 Å². The largest absolute Gasteiger partial charge is 0.360 e. The molecule has 0 atom stereocenters. The molecular weight excluding hydrogens is 244 g/mol. The highest BCUT2D eigenvalue weighted by molar-refractivity contribution is 5.96. The van der Waals surface area contributed by atoms with Gasteiger partial charge in [0.15, 0.2) is 0 Å². The van der Waals surface area contributed by atoms with Gasteiger partial charge in [0.05, 0.1) is 4.92 Å². The van der Waals surface area contributed by atoms with Crippen molar-refractivity contribution in [2.75, 3.05) is 0 Å². The molecule has 0 radical (unpaired) electrons. The number of nitrogens with one attached hydrogen (secondary N) is 1. The van der Waals surface area contributed by atoms with Gasteiger partial charge in [-0.15, -0.1) is 0 Å². The molecule has 1 aromatic carbocycles. The molecule has 0 saturated carbocycles. The summed E-state index contributed by atoms with van der Waals surface area (Å²) in [5.74, 6) is 0. The van der Waals surface area contributed by atoms with Crippen molar-refractivity contribution in [1.82, 2.24) is 14.8 Å². The van der Waals surface area contributed by atoms with E-state index in [2.05, 4.69) is 10.1 Å². The van der Waals surface area contributed by atoms with Crippen molar-refractivity contribution in [2.45, 2.75) is 6.92 Å². The van der Waals surface area contributed by atoms with Crippen LogP contribution in [-0.4, -0.2) is 19.7 Å². The number of benzene rings is 1. The molecule has 0 aliphatic heterocycles. The van der Waals surface area contributed by atoms with Crippen molar-refractivity contribution in [3.05, 3.63) is 46.3 Å². The number of H-pyrrole nitrogens is 1. The monoisotopic (exact) mass is 256 g/mol. The zero-order valence-corrected chi connectivity index (χ0v) is 10.5. The minimum absolute atomic E-state index is 0.0623. The smallest absolute Gasteiger partial charge is 0.317 e. The molecule has 6 heteroatoms. The molecule has 0 saturated heterocycles. The van der Waals surface area contributed by atoms with Crippen LogP contribution in [0, 0.1) is 17.0 Å². The molecule has 96 valence electrons. The number of aromatic nitrogens is 3. The predicted octanol–water partition coefficient (Wildman–Crippen LogP) is 2.79. The quantitative estimate of drug-likeness (QED) is 0.565. The highest BCUT2D eigenvalue weighted by Crippen LogP contribution is 2.36. The molecule has 19 heavy (non-hydrogen) atoms. The maximum atomic E-state index is 11.2. The Morgan fingerprint density at radius 3 is 2.84 bits per heavy atom.